The topological polar surface area (TPSA) is 97.7 Å². The second-order valence-electron chi connectivity index (χ2n) is 5.90. The summed E-state index contributed by atoms with van der Waals surface area (Å²) in [5, 5.41) is 14.9. The molecule has 1 aromatic heterocycles. The molecular weight excluding hydrogens is 382 g/mol. The molecule has 0 spiro atoms. The van der Waals surface area contributed by atoms with Crippen molar-refractivity contribution in [2.75, 3.05) is 0 Å². The van der Waals surface area contributed by atoms with Crippen molar-refractivity contribution in [3.05, 3.63) is 87.1 Å². The Morgan fingerprint density at radius 1 is 1.18 bits per heavy atom. The minimum absolute atomic E-state index is 0.0558. The van der Waals surface area contributed by atoms with Gasteiger partial charge in [-0.2, -0.15) is 5.10 Å². The molecule has 0 saturated carbocycles. The molecule has 28 heavy (non-hydrogen) atoms. The minimum Gasteiger partial charge on any atom is -0.455 e. The van der Waals surface area contributed by atoms with Crippen molar-refractivity contribution in [1.82, 2.24) is 5.43 Å². The first kappa shape index (κ1) is 19.3. The van der Waals surface area contributed by atoms with E-state index in [4.69, 9.17) is 16.0 Å². The summed E-state index contributed by atoms with van der Waals surface area (Å²) >= 11 is 5.81. The third-order valence-electron chi connectivity index (χ3n) is 3.92. The zero-order valence-electron chi connectivity index (χ0n) is 14.7. The number of benzene rings is 2. The number of hydrogen-bond acceptors (Lipinski definition) is 5. The van der Waals surface area contributed by atoms with Crippen LogP contribution >= 0.6 is 11.6 Å². The second kappa shape index (κ2) is 8.96. The summed E-state index contributed by atoms with van der Waals surface area (Å²) in [6.07, 6.45) is 2.32. The summed E-state index contributed by atoms with van der Waals surface area (Å²) in [6.45, 7) is 0. The van der Waals surface area contributed by atoms with Gasteiger partial charge in [0, 0.05) is 18.1 Å². The summed E-state index contributed by atoms with van der Waals surface area (Å²) in [6, 6.07) is 17.4. The van der Waals surface area contributed by atoms with E-state index in [0.717, 1.165) is 5.56 Å². The zero-order valence-corrected chi connectivity index (χ0v) is 15.4. The number of nitrogens with zero attached hydrogens (tertiary/aromatic N) is 2. The molecule has 0 atom stereocenters. The molecule has 8 heteroatoms. The van der Waals surface area contributed by atoms with Crippen LogP contribution in [0.5, 0.6) is 0 Å². The Bertz CT molecular complexity index is 1020. The minimum atomic E-state index is -0.553. The summed E-state index contributed by atoms with van der Waals surface area (Å²) in [5.74, 6) is 0.618. The predicted molar refractivity (Wildman–Crippen MR) is 106 cm³/mol. The van der Waals surface area contributed by atoms with E-state index in [2.05, 4.69) is 10.5 Å². The number of aryl methyl sites for hydroxylation is 1. The number of carbonyl (C=O) groups excluding carboxylic acids is 1. The molecule has 142 valence electrons. The molecule has 0 saturated heterocycles. The molecule has 3 aromatic rings. The van der Waals surface area contributed by atoms with Crippen LogP contribution in [0.4, 0.5) is 5.69 Å². The van der Waals surface area contributed by atoms with E-state index in [9.17, 15) is 14.9 Å². The third-order valence-corrected chi connectivity index (χ3v) is 4.24. The van der Waals surface area contributed by atoms with Gasteiger partial charge in [-0.1, -0.05) is 41.9 Å². The fraction of sp³-hybridized carbons (Fsp3) is 0.100. The van der Waals surface area contributed by atoms with Crippen molar-refractivity contribution in [1.29, 1.82) is 0 Å². The van der Waals surface area contributed by atoms with E-state index in [1.54, 1.807) is 18.2 Å². The van der Waals surface area contributed by atoms with Gasteiger partial charge in [-0.25, -0.2) is 5.43 Å². The van der Waals surface area contributed by atoms with Crippen molar-refractivity contribution in [3.63, 3.8) is 0 Å². The molecule has 0 fully saturated rings. The number of halogens is 1. The molecule has 1 N–H and O–H groups in total. The Kier molecular flexibility index (Phi) is 6.18. The Morgan fingerprint density at radius 2 is 1.96 bits per heavy atom. The van der Waals surface area contributed by atoms with Gasteiger partial charge in [0.15, 0.2) is 0 Å². The van der Waals surface area contributed by atoms with Gasteiger partial charge in [-0.3, -0.25) is 14.9 Å². The van der Waals surface area contributed by atoms with Gasteiger partial charge < -0.3 is 4.42 Å². The molecule has 3 rings (SSSR count). The predicted octanol–water partition coefficient (Wildman–Crippen LogP) is 4.59. The number of furan rings is 1. The summed E-state index contributed by atoms with van der Waals surface area (Å²) in [7, 11) is 0. The second-order valence-corrected chi connectivity index (χ2v) is 6.31. The molecule has 0 aliphatic rings. The van der Waals surface area contributed by atoms with Crippen molar-refractivity contribution in [2.45, 2.75) is 12.8 Å². The lowest BCUT2D eigenvalue weighted by atomic mass is 10.1. The maximum Gasteiger partial charge on any atom is 0.288 e. The lowest BCUT2D eigenvalue weighted by Gasteiger charge is -2.00. The van der Waals surface area contributed by atoms with Gasteiger partial charge >= 0.3 is 0 Å². The summed E-state index contributed by atoms with van der Waals surface area (Å²) in [4.78, 5) is 22.3. The van der Waals surface area contributed by atoms with Gasteiger partial charge in [0.25, 0.3) is 5.69 Å². The van der Waals surface area contributed by atoms with Crippen molar-refractivity contribution < 1.29 is 14.1 Å². The first-order chi connectivity index (χ1) is 13.5. The Hall–Kier alpha value is -3.45. The van der Waals surface area contributed by atoms with Crippen LogP contribution in [0.15, 0.2) is 70.2 Å². The van der Waals surface area contributed by atoms with Crippen LogP contribution < -0.4 is 5.43 Å². The lowest BCUT2D eigenvalue weighted by Crippen LogP contribution is -2.17. The Balaban J connectivity index is 1.58. The lowest BCUT2D eigenvalue weighted by molar-refractivity contribution is -0.384. The number of nitro groups is 1. The van der Waals surface area contributed by atoms with E-state index in [1.807, 2.05) is 30.3 Å². The molecule has 2 aromatic carbocycles. The van der Waals surface area contributed by atoms with E-state index in [-0.39, 0.29) is 16.6 Å². The van der Waals surface area contributed by atoms with Crippen LogP contribution in [0.2, 0.25) is 5.02 Å². The highest BCUT2D eigenvalue weighted by Crippen LogP contribution is 2.30. The van der Waals surface area contributed by atoms with Crippen LogP contribution in [0.25, 0.3) is 11.3 Å². The SMILES string of the molecule is O=C(CCc1ccccc1)N/N=C\c1ccc(-c2ccc(Cl)c([N+](=O)[O-])c2)o1. The highest BCUT2D eigenvalue weighted by Gasteiger charge is 2.15. The monoisotopic (exact) mass is 397 g/mol. The average Bonchev–Trinajstić information content (AvgIpc) is 3.16. The number of hydrazone groups is 1. The normalized spacial score (nSPS) is 10.9. The quantitative estimate of drug-likeness (QED) is 0.358. The zero-order chi connectivity index (χ0) is 19.9. The Labute approximate surface area is 165 Å². The maximum atomic E-state index is 11.8. The van der Waals surface area contributed by atoms with Crippen molar-refractivity contribution >= 4 is 29.4 Å². The molecule has 0 aliphatic carbocycles. The first-order valence-corrected chi connectivity index (χ1v) is 8.81. The van der Waals surface area contributed by atoms with Crippen LogP contribution in [-0.4, -0.2) is 17.0 Å². The van der Waals surface area contributed by atoms with Crippen LogP contribution in [0.3, 0.4) is 0 Å². The average molecular weight is 398 g/mol. The largest absolute Gasteiger partial charge is 0.455 e. The molecule has 0 bridgehead atoms. The van der Waals surface area contributed by atoms with Crippen LogP contribution in [-0.2, 0) is 11.2 Å². The summed E-state index contributed by atoms with van der Waals surface area (Å²) < 4.78 is 5.59. The number of nitrogens with one attached hydrogen (secondary N) is 1. The molecule has 1 amide bonds. The van der Waals surface area contributed by atoms with Gasteiger partial charge in [-0.05, 0) is 36.2 Å². The number of rotatable bonds is 7. The smallest absolute Gasteiger partial charge is 0.288 e. The fourth-order valence-electron chi connectivity index (χ4n) is 2.51. The van der Waals surface area contributed by atoms with Crippen LogP contribution in [0, 0.1) is 10.1 Å². The van der Waals surface area contributed by atoms with Crippen molar-refractivity contribution in [3.8, 4) is 11.3 Å². The molecule has 0 radical (unpaired) electrons. The van der Waals surface area contributed by atoms with Crippen LogP contribution in [0.1, 0.15) is 17.7 Å². The summed E-state index contributed by atoms with van der Waals surface area (Å²) in [5.41, 5.74) is 3.84. The van der Waals surface area contributed by atoms with Gasteiger partial charge in [-0.15, -0.1) is 0 Å². The number of carbonyl (C=O) groups is 1. The molecule has 7 nitrogen and oxygen atoms in total. The van der Waals surface area contributed by atoms with E-state index >= 15 is 0 Å². The number of amides is 1. The van der Waals surface area contributed by atoms with E-state index < -0.39 is 4.92 Å². The number of hydrogen-bond donors (Lipinski definition) is 1. The maximum absolute atomic E-state index is 11.8. The third kappa shape index (κ3) is 5.05. The molecule has 0 unspecified atom stereocenters. The standard InChI is InChI=1S/C20H16ClN3O4/c21-17-9-7-15(12-18(17)24(26)27)19-10-8-16(28-19)13-22-23-20(25)11-6-14-4-2-1-3-5-14/h1-5,7-10,12-13H,6,11H2,(H,23,25)/b22-13-. The first-order valence-electron chi connectivity index (χ1n) is 8.43. The molecular formula is C20H16ClN3O4. The molecule has 0 aliphatic heterocycles. The van der Waals surface area contributed by atoms with E-state index in [1.165, 1.54) is 18.3 Å². The van der Waals surface area contributed by atoms with Gasteiger partial charge in [0.05, 0.1) is 11.1 Å². The highest BCUT2D eigenvalue weighted by molar-refractivity contribution is 6.32. The van der Waals surface area contributed by atoms with Gasteiger partial charge in [0.1, 0.15) is 16.5 Å². The Morgan fingerprint density at radius 3 is 2.71 bits per heavy atom. The van der Waals surface area contributed by atoms with E-state index in [0.29, 0.717) is 29.9 Å². The highest BCUT2D eigenvalue weighted by atomic mass is 35.5. The fourth-order valence-corrected chi connectivity index (χ4v) is 2.70. The molecule has 1 heterocycles. The number of nitro benzene ring substituents is 1. The van der Waals surface area contributed by atoms with Gasteiger partial charge in [0.2, 0.25) is 5.91 Å². The van der Waals surface area contributed by atoms with Crippen molar-refractivity contribution in [2.24, 2.45) is 5.10 Å².